The highest BCUT2D eigenvalue weighted by Gasteiger charge is 2.33. The summed E-state index contributed by atoms with van der Waals surface area (Å²) in [4.78, 5) is 16.2. The van der Waals surface area contributed by atoms with Crippen LogP contribution in [0.15, 0.2) is 17.2 Å². The summed E-state index contributed by atoms with van der Waals surface area (Å²) in [5.41, 5.74) is -0.681. The molecule has 0 bridgehead atoms. The molecular formula is C24H41F2N5O6S. The number of alkyl carbamates (subject to hydrolysis) is 1. The first-order valence-corrected chi connectivity index (χ1v) is 14.3. The highest BCUT2D eigenvalue weighted by Crippen LogP contribution is 2.29. The van der Waals surface area contributed by atoms with Gasteiger partial charge in [0.25, 0.3) is 6.43 Å². The van der Waals surface area contributed by atoms with E-state index in [0.717, 1.165) is 38.3 Å². The molecule has 0 radical (unpaired) electrons. The SMILES string of the molecule is C[C@@H](O)CCNc1cc(N[C@@H](O)[C@@H](NC(=O)OC(C)(C)C)C2CCCCC2)ncc1S(=O)(=O)NCC(F)F. The topological polar surface area (TPSA) is 162 Å². The number of sulfonamides is 1. The van der Waals surface area contributed by atoms with Gasteiger partial charge in [-0.25, -0.2) is 31.7 Å². The number of halogens is 2. The molecule has 11 nitrogen and oxygen atoms in total. The lowest BCUT2D eigenvalue weighted by atomic mass is 9.83. The molecule has 1 saturated carbocycles. The minimum Gasteiger partial charge on any atom is -0.444 e. The van der Waals surface area contributed by atoms with E-state index in [1.165, 1.54) is 6.07 Å². The number of nitrogens with zero attached hydrogens (tertiary/aromatic N) is 1. The van der Waals surface area contributed by atoms with Crippen LogP contribution in [0.5, 0.6) is 0 Å². The zero-order valence-electron chi connectivity index (χ0n) is 22.3. The molecule has 0 spiro atoms. The number of carbonyl (C=O) groups excluding carboxylic acids is 1. The second-order valence-corrected chi connectivity index (χ2v) is 12.3. The molecule has 1 aromatic heterocycles. The van der Waals surface area contributed by atoms with E-state index in [-0.39, 0.29) is 28.9 Å². The van der Waals surface area contributed by atoms with Gasteiger partial charge in [-0.2, -0.15) is 0 Å². The maximum atomic E-state index is 12.6. The number of pyridine rings is 1. The van der Waals surface area contributed by atoms with Gasteiger partial charge in [0.05, 0.1) is 30.6 Å². The van der Waals surface area contributed by atoms with Crippen LogP contribution in [-0.4, -0.2) is 73.2 Å². The second-order valence-electron chi connectivity index (χ2n) is 10.5. The van der Waals surface area contributed by atoms with Gasteiger partial charge in [-0.15, -0.1) is 0 Å². The first kappa shape index (κ1) is 31.9. The van der Waals surface area contributed by atoms with E-state index in [9.17, 15) is 32.2 Å². The maximum Gasteiger partial charge on any atom is 0.408 e. The molecule has 1 aromatic rings. The van der Waals surface area contributed by atoms with Crippen molar-refractivity contribution in [1.82, 2.24) is 15.0 Å². The van der Waals surface area contributed by atoms with Crippen LogP contribution in [-0.2, 0) is 14.8 Å². The van der Waals surface area contributed by atoms with Crippen molar-refractivity contribution in [1.29, 1.82) is 0 Å². The van der Waals surface area contributed by atoms with Crippen molar-refractivity contribution in [2.75, 3.05) is 23.7 Å². The third-order valence-corrected chi connectivity index (χ3v) is 7.39. The Bertz CT molecular complexity index is 1000. The summed E-state index contributed by atoms with van der Waals surface area (Å²) in [7, 11) is -4.33. The van der Waals surface area contributed by atoms with Crippen LogP contribution in [0.1, 0.15) is 66.2 Å². The first-order chi connectivity index (χ1) is 17.7. The average Bonchev–Trinajstić information content (AvgIpc) is 2.80. The Morgan fingerprint density at radius 3 is 2.45 bits per heavy atom. The van der Waals surface area contributed by atoms with Crippen molar-refractivity contribution < 1.29 is 36.9 Å². The van der Waals surface area contributed by atoms with Gasteiger partial charge in [-0.3, -0.25) is 0 Å². The van der Waals surface area contributed by atoms with Gasteiger partial charge in [-0.05, 0) is 52.9 Å². The zero-order chi connectivity index (χ0) is 28.5. The van der Waals surface area contributed by atoms with Gasteiger partial charge < -0.3 is 30.9 Å². The number of amides is 1. The molecule has 1 aliphatic rings. The standard InChI is InChI=1S/C24H41F2N5O6S/c1-15(32)10-11-27-17-12-20(28-13-18(17)38(35,36)29-14-19(25)26)30-22(33)21(16-8-6-5-7-9-16)31-23(34)37-24(2,3)4/h12-13,15-16,19,21-22,29,32-33H,5-11,14H2,1-4H3,(H,31,34)(H2,27,28,30)/t15-,21+,22+/m1/s1. The lowest BCUT2D eigenvalue weighted by molar-refractivity contribution is 0.0366. The van der Waals surface area contributed by atoms with Crippen LogP contribution < -0.4 is 20.7 Å². The molecule has 3 atom stereocenters. The molecule has 0 aromatic carbocycles. The number of nitrogens with one attached hydrogen (secondary N) is 4. The molecule has 0 aliphatic heterocycles. The summed E-state index contributed by atoms with van der Waals surface area (Å²) in [5, 5.41) is 29.1. The van der Waals surface area contributed by atoms with Crippen LogP contribution in [0.3, 0.4) is 0 Å². The van der Waals surface area contributed by atoms with Crippen LogP contribution in [0.2, 0.25) is 0 Å². The van der Waals surface area contributed by atoms with Crippen LogP contribution in [0, 0.1) is 5.92 Å². The fourth-order valence-electron chi connectivity index (χ4n) is 4.17. The molecule has 1 amide bonds. The number of hydrogen-bond donors (Lipinski definition) is 6. The van der Waals surface area contributed by atoms with Gasteiger partial charge in [0, 0.05) is 12.6 Å². The fraction of sp³-hybridized carbons (Fsp3) is 0.750. The van der Waals surface area contributed by atoms with E-state index in [4.69, 9.17) is 4.74 Å². The highest BCUT2D eigenvalue weighted by molar-refractivity contribution is 7.89. The van der Waals surface area contributed by atoms with Gasteiger partial charge in [0.2, 0.25) is 10.0 Å². The molecule has 1 aliphatic carbocycles. The predicted octanol–water partition coefficient (Wildman–Crippen LogP) is 3.01. The van der Waals surface area contributed by atoms with Gasteiger partial charge in [-0.1, -0.05) is 19.3 Å². The quantitative estimate of drug-likeness (QED) is 0.197. The minimum atomic E-state index is -4.33. The number of aliphatic hydroxyl groups is 2. The van der Waals surface area contributed by atoms with Crippen molar-refractivity contribution in [2.24, 2.45) is 5.92 Å². The fourth-order valence-corrected chi connectivity index (χ4v) is 5.29. The summed E-state index contributed by atoms with van der Waals surface area (Å²) in [6.07, 6.45) is 0.360. The van der Waals surface area contributed by atoms with Crippen molar-refractivity contribution in [3.8, 4) is 0 Å². The number of carbonyl (C=O) groups is 1. The summed E-state index contributed by atoms with van der Waals surface area (Å²) in [6.45, 7) is 5.90. The Morgan fingerprint density at radius 2 is 1.87 bits per heavy atom. The number of aliphatic hydroxyl groups excluding tert-OH is 2. The monoisotopic (exact) mass is 565 g/mol. The van der Waals surface area contributed by atoms with Gasteiger partial charge in [0.1, 0.15) is 22.5 Å². The Kier molecular flexibility index (Phi) is 11.9. The minimum absolute atomic E-state index is 0.0272. The van der Waals surface area contributed by atoms with Crippen molar-refractivity contribution in [2.45, 2.75) is 102 Å². The van der Waals surface area contributed by atoms with Gasteiger partial charge >= 0.3 is 6.09 Å². The molecule has 0 unspecified atom stereocenters. The summed E-state index contributed by atoms with van der Waals surface area (Å²) >= 11 is 0. The Balaban J connectivity index is 2.29. The van der Waals surface area contributed by atoms with Crippen molar-refractivity contribution >= 4 is 27.6 Å². The van der Waals surface area contributed by atoms with E-state index in [1.54, 1.807) is 27.7 Å². The Labute approximate surface area is 223 Å². The maximum absolute atomic E-state index is 12.6. The third-order valence-electron chi connectivity index (χ3n) is 5.94. The molecule has 14 heteroatoms. The molecule has 38 heavy (non-hydrogen) atoms. The summed E-state index contributed by atoms with van der Waals surface area (Å²) in [5.74, 6) is 0.0669. The third kappa shape index (κ3) is 10.8. The zero-order valence-corrected chi connectivity index (χ0v) is 23.2. The molecule has 0 saturated heterocycles. The van der Waals surface area contributed by atoms with Crippen molar-refractivity contribution in [3.63, 3.8) is 0 Å². The van der Waals surface area contributed by atoms with E-state index in [1.807, 2.05) is 4.72 Å². The number of anilines is 2. The Hall–Kier alpha value is -2.29. The van der Waals surface area contributed by atoms with E-state index in [0.29, 0.717) is 6.42 Å². The summed E-state index contributed by atoms with van der Waals surface area (Å²) in [6, 6.07) is 0.614. The lowest BCUT2D eigenvalue weighted by Crippen LogP contribution is -2.52. The normalized spacial score (nSPS) is 17.5. The molecular weight excluding hydrogens is 524 g/mol. The largest absolute Gasteiger partial charge is 0.444 e. The molecule has 6 N–H and O–H groups in total. The van der Waals surface area contributed by atoms with Gasteiger partial charge in [0.15, 0.2) is 0 Å². The summed E-state index contributed by atoms with van der Waals surface area (Å²) < 4.78 is 57.7. The van der Waals surface area contributed by atoms with E-state index < -0.39 is 53.1 Å². The molecule has 1 heterocycles. The number of hydrogen-bond acceptors (Lipinski definition) is 9. The smallest absolute Gasteiger partial charge is 0.408 e. The number of aromatic nitrogens is 1. The van der Waals surface area contributed by atoms with E-state index >= 15 is 0 Å². The highest BCUT2D eigenvalue weighted by atomic mass is 32.2. The predicted molar refractivity (Wildman–Crippen MR) is 140 cm³/mol. The number of alkyl halides is 2. The van der Waals surface area contributed by atoms with E-state index in [2.05, 4.69) is 20.9 Å². The first-order valence-electron chi connectivity index (χ1n) is 12.8. The molecule has 1 fully saturated rings. The molecule has 218 valence electrons. The van der Waals surface area contributed by atoms with Crippen molar-refractivity contribution in [3.05, 3.63) is 12.3 Å². The average molecular weight is 566 g/mol. The molecule has 2 rings (SSSR count). The number of rotatable bonds is 13. The van der Waals surface area contributed by atoms with Crippen LogP contribution >= 0.6 is 0 Å². The Morgan fingerprint density at radius 1 is 1.21 bits per heavy atom. The van der Waals surface area contributed by atoms with Crippen LogP contribution in [0.25, 0.3) is 0 Å². The lowest BCUT2D eigenvalue weighted by Gasteiger charge is -2.35. The number of ether oxygens (including phenoxy) is 1. The van der Waals surface area contributed by atoms with Crippen LogP contribution in [0.4, 0.5) is 25.1 Å². The second kappa shape index (κ2) is 14.2.